The van der Waals surface area contributed by atoms with Gasteiger partial charge in [-0.3, -0.25) is 43.3 Å². The average molecular weight is 864 g/mol. The van der Waals surface area contributed by atoms with E-state index in [-0.39, 0.29) is 63.6 Å². The Morgan fingerprint density at radius 2 is 1.61 bits per heavy atom. The second-order valence-corrected chi connectivity index (χ2v) is 16.4. The molecule has 0 spiro atoms. The first kappa shape index (κ1) is 53.4. The molecule has 2 heterocycles. The van der Waals surface area contributed by atoms with Crippen LogP contribution in [0.25, 0.3) is 0 Å². The van der Waals surface area contributed by atoms with E-state index in [1.165, 1.54) is 38.6 Å². The van der Waals surface area contributed by atoms with Crippen molar-refractivity contribution in [2.45, 2.75) is 130 Å². The molecule has 0 aromatic rings. The summed E-state index contributed by atoms with van der Waals surface area (Å²) in [6.45, 7) is 11.6. The zero-order valence-electron chi connectivity index (χ0n) is 37.4. The van der Waals surface area contributed by atoms with Crippen molar-refractivity contribution < 1.29 is 38.4 Å². The van der Waals surface area contributed by atoms with Gasteiger partial charge in [0.15, 0.2) is 5.96 Å². The number of nitrogens with zero attached hydrogens (tertiary/aromatic N) is 4. The highest BCUT2D eigenvalue weighted by Crippen LogP contribution is 2.22. The number of carbonyl (C=O) groups is 8. The van der Waals surface area contributed by atoms with Gasteiger partial charge in [0, 0.05) is 58.5 Å². The number of amides is 8. The highest BCUT2D eigenvalue weighted by Gasteiger charge is 2.42. The Kier molecular flexibility index (Phi) is 23.2. The summed E-state index contributed by atoms with van der Waals surface area (Å²) < 4.78 is 0. The fourth-order valence-corrected chi connectivity index (χ4v) is 6.48. The van der Waals surface area contributed by atoms with Crippen LogP contribution in [-0.2, 0) is 38.4 Å². The Bertz CT molecular complexity index is 1580. The van der Waals surface area contributed by atoms with Gasteiger partial charge in [-0.2, -0.15) is 0 Å². The summed E-state index contributed by atoms with van der Waals surface area (Å²) in [6, 6.07) is -4.35. The van der Waals surface area contributed by atoms with E-state index in [0.717, 1.165) is 10.6 Å². The number of nitrogens with two attached hydrogens (primary N) is 4. The van der Waals surface area contributed by atoms with Crippen molar-refractivity contribution in [2.75, 3.05) is 46.9 Å². The molecule has 0 radical (unpaired) electrons. The minimum Gasteiger partial charge on any atom is -0.370 e. The first-order valence-corrected chi connectivity index (χ1v) is 21.1. The van der Waals surface area contributed by atoms with Crippen LogP contribution in [0.4, 0.5) is 0 Å². The lowest BCUT2D eigenvalue weighted by atomic mass is 9.89. The molecular weight excluding hydrogens is 791 g/mol. The molecule has 0 bridgehead atoms. The topological polar surface area (TPSA) is 323 Å². The van der Waals surface area contributed by atoms with Gasteiger partial charge >= 0.3 is 0 Å². The van der Waals surface area contributed by atoms with Crippen LogP contribution in [0.1, 0.15) is 106 Å². The molecule has 0 aromatic carbocycles. The van der Waals surface area contributed by atoms with Crippen LogP contribution in [0, 0.1) is 11.3 Å². The summed E-state index contributed by atoms with van der Waals surface area (Å²) in [5, 5.41) is 13.8. The lowest BCUT2D eigenvalue weighted by Crippen LogP contribution is -2.57. The maximum absolute atomic E-state index is 13.7. The van der Waals surface area contributed by atoms with Crippen molar-refractivity contribution in [2.24, 2.45) is 39.3 Å². The number of aliphatic imine (C=N–C) groups is 1. The molecule has 21 nitrogen and oxygen atoms in total. The van der Waals surface area contributed by atoms with Gasteiger partial charge in [0.1, 0.15) is 29.6 Å². The van der Waals surface area contributed by atoms with E-state index in [4.69, 9.17) is 22.9 Å². The molecule has 13 N–H and O–H groups in total. The fourth-order valence-electron chi connectivity index (χ4n) is 6.48. The number of rotatable bonds is 24. The standard InChI is InChI=1S/C36H63N13O8.C4H10/c1-21(2)17-24(29(38)52)46-30(53)23(9-7-14-42-35(39)40)45-32(55)26-10-8-16-49(26)28(51)18-43-31(54)25(11-12-27(37)50)48(6)34(57)36(3,4)33(56)41-15-13-22-19-47(5)20-44-22;1-3-4-2/h19,21,23-26,44H,7-18,20H2,1-6H3,(H2,37,50)(H2,38,52)(H,41,56)(H,43,54)(H,45,55)(H,46,53)(H4,39,40,42);3-4H2,1-2H3/t23?,24?,25?,26-;/m0./s1. The van der Waals surface area contributed by atoms with Crippen LogP contribution in [0.3, 0.4) is 0 Å². The summed E-state index contributed by atoms with van der Waals surface area (Å²) >= 11 is 0. The molecule has 2 rings (SSSR count). The third kappa shape index (κ3) is 18.7. The van der Waals surface area contributed by atoms with E-state index < -0.39 is 83.4 Å². The summed E-state index contributed by atoms with van der Waals surface area (Å²) in [4.78, 5) is 113. The molecule has 8 amide bonds. The lowest BCUT2D eigenvalue weighted by Gasteiger charge is -2.33. The maximum Gasteiger partial charge on any atom is 0.243 e. The molecule has 3 unspecified atom stereocenters. The highest BCUT2D eigenvalue weighted by atomic mass is 16.2. The molecular formula is C40H73N13O8. The van der Waals surface area contributed by atoms with Gasteiger partial charge in [0.25, 0.3) is 0 Å². The van der Waals surface area contributed by atoms with Gasteiger partial charge in [0.05, 0.1) is 13.2 Å². The van der Waals surface area contributed by atoms with Crippen LogP contribution < -0.4 is 49.5 Å². The van der Waals surface area contributed by atoms with Gasteiger partial charge in [-0.25, -0.2) is 0 Å². The van der Waals surface area contributed by atoms with Gasteiger partial charge in [-0.1, -0.05) is 40.5 Å². The Balaban J connectivity index is 0.00000444. The number of likely N-dealkylation sites (N-methyl/N-ethyl adjacent to an activating group) is 1. The average Bonchev–Trinajstić information content (AvgIpc) is 3.86. The van der Waals surface area contributed by atoms with E-state index in [1.807, 2.05) is 32.0 Å². The highest BCUT2D eigenvalue weighted by molar-refractivity contribution is 6.05. The van der Waals surface area contributed by atoms with Crippen molar-refractivity contribution in [3.63, 3.8) is 0 Å². The Labute approximate surface area is 360 Å². The first-order valence-electron chi connectivity index (χ1n) is 21.1. The molecule has 1 fully saturated rings. The molecule has 1 saturated heterocycles. The van der Waals surface area contributed by atoms with Crippen LogP contribution in [0.15, 0.2) is 16.9 Å². The van der Waals surface area contributed by atoms with Crippen LogP contribution in [0.2, 0.25) is 0 Å². The molecule has 4 atom stereocenters. The Morgan fingerprint density at radius 3 is 2.15 bits per heavy atom. The van der Waals surface area contributed by atoms with Crippen molar-refractivity contribution >= 4 is 53.2 Å². The minimum absolute atomic E-state index is 0.0317. The van der Waals surface area contributed by atoms with E-state index in [0.29, 0.717) is 25.9 Å². The zero-order chi connectivity index (χ0) is 46.4. The predicted octanol–water partition coefficient (Wildman–Crippen LogP) is -1.59. The molecule has 21 heteroatoms. The smallest absolute Gasteiger partial charge is 0.243 e. The quantitative estimate of drug-likeness (QED) is 0.0230. The molecule has 346 valence electrons. The molecule has 2 aliphatic heterocycles. The number of guanidine groups is 1. The third-order valence-electron chi connectivity index (χ3n) is 10.2. The summed E-state index contributed by atoms with van der Waals surface area (Å²) in [5.74, 6) is -5.48. The van der Waals surface area contributed by atoms with Crippen molar-refractivity contribution in [3.05, 3.63) is 11.9 Å². The molecule has 61 heavy (non-hydrogen) atoms. The molecule has 0 aromatic heterocycles. The Hall–Kier alpha value is -5.63. The van der Waals surface area contributed by atoms with Crippen molar-refractivity contribution in [1.29, 1.82) is 0 Å². The molecule has 0 saturated carbocycles. The zero-order valence-corrected chi connectivity index (χ0v) is 37.4. The van der Waals surface area contributed by atoms with Gasteiger partial charge in [-0.05, 0) is 58.3 Å². The maximum atomic E-state index is 13.7. The normalized spacial score (nSPS) is 16.1. The van der Waals surface area contributed by atoms with Gasteiger partial charge in [-0.15, -0.1) is 0 Å². The fraction of sp³-hybridized carbons (Fsp3) is 0.725. The number of likely N-dealkylation sites (tertiary alicyclic amines) is 1. The number of unbranched alkanes of at least 4 members (excludes halogenated alkanes) is 1. The van der Waals surface area contributed by atoms with E-state index >= 15 is 0 Å². The van der Waals surface area contributed by atoms with Crippen molar-refractivity contribution in [1.82, 2.24) is 41.3 Å². The summed E-state index contributed by atoms with van der Waals surface area (Å²) in [7, 11) is 3.23. The van der Waals surface area contributed by atoms with Crippen molar-refractivity contribution in [3.8, 4) is 0 Å². The van der Waals surface area contributed by atoms with Gasteiger partial charge in [0.2, 0.25) is 47.3 Å². The van der Waals surface area contributed by atoms with Crippen LogP contribution in [-0.4, -0.2) is 139 Å². The monoisotopic (exact) mass is 864 g/mol. The summed E-state index contributed by atoms with van der Waals surface area (Å²) in [5.41, 5.74) is 21.0. The van der Waals surface area contributed by atoms with Gasteiger partial charge < -0.3 is 64.2 Å². The number of primary amides is 2. The number of hydrogen-bond acceptors (Lipinski definition) is 11. The predicted molar refractivity (Wildman–Crippen MR) is 231 cm³/mol. The second kappa shape index (κ2) is 26.6. The van der Waals surface area contributed by atoms with E-state index in [1.54, 1.807) is 0 Å². The van der Waals surface area contributed by atoms with E-state index in [9.17, 15) is 38.4 Å². The molecule has 0 aliphatic carbocycles. The first-order chi connectivity index (χ1) is 28.6. The SMILES string of the molecule is CC(C)CC(NC(=O)C(CCCN=C(N)N)NC(=O)[C@@H]1CCCN1C(=O)CNC(=O)C(CCC(N)=O)N(C)C(=O)C(C)(C)C(=O)NCCC1=CN(C)CN1)C(N)=O.CCCC. The minimum atomic E-state index is -1.60. The molecule has 2 aliphatic rings. The van der Waals surface area contributed by atoms with Crippen LogP contribution in [0.5, 0.6) is 0 Å². The second-order valence-electron chi connectivity index (χ2n) is 16.4. The number of hydrogen-bond donors (Lipinski definition) is 9. The lowest BCUT2D eigenvalue weighted by molar-refractivity contribution is -0.152. The third-order valence-corrected chi connectivity index (χ3v) is 10.2. The van der Waals surface area contributed by atoms with E-state index in [2.05, 4.69) is 45.4 Å². The Morgan fingerprint density at radius 1 is 0.951 bits per heavy atom. The number of nitrogens with one attached hydrogen (secondary N) is 5. The largest absolute Gasteiger partial charge is 0.370 e. The van der Waals surface area contributed by atoms with Crippen LogP contribution >= 0.6 is 0 Å². The summed E-state index contributed by atoms with van der Waals surface area (Å²) in [6.07, 6.45) is 6.02. The number of carbonyl (C=O) groups excluding carboxylic acids is 8.